The van der Waals surface area contributed by atoms with Gasteiger partial charge in [-0.05, 0) is 68.8 Å². The Labute approximate surface area is 165 Å². The van der Waals surface area contributed by atoms with Crippen LogP contribution in [0, 0.1) is 11.3 Å². The van der Waals surface area contributed by atoms with Gasteiger partial charge in [-0.3, -0.25) is 4.79 Å². The van der Waals surface area contributed by atoms with Crippen molar-refractivity contribution in [2.24, 2.45) is 11.3 Å². The fourth-order valence-electron chi connectivity index (χ4n) is 4.85. The molecule has 1 aromatic rings. The minimum absolute atomic E-state index is 0.0144. The van der Waals surface area contributed by atoms with E-state index in [2.05, 4.69) is 24.1 Å². The lowest BCUT2D eigenvalue weighted by molar-refractivity contribution is -0.137. The molecular formula is C22H31F3N2O. The summed E-state index contributed by atoms with van der Waals surface area (Å²) in [6.45, 7) is 6.53. The summed E-state index contributed by atoms with van der Waals surface area (Å²) in [5.74, 6) is 0.184. The molecule has 2 unspecified atom stereocenters. The smallest absolute Gasteiger partial charge is 0.352 e. The molecule has 1 saturated carbocycles. The van der Waals surface area contributed by atoms with E-state index in [4.69, 9.17) is 0 Å². The van der Waals surface area contributed by atoms with Crippen molar-refractivity contribution in [2.45, 2.75) is 71.1 Å². The molecule has 3 nitrogen and oxygen atoms in total. The number of nitrogens with one attached hydrogen (secondary N) is 1. The highest BCUT2D eigenvalue weighted by atomic mass is 19.4. The van der Waals surface area contributed by atoms with Crippen molar-refractivity contribution in [3.8, 4) is 0 Å². The third-order valence-electron chi connectivity index (χ3n) is 6.70. The summed E-state index contributed by atoms with van der Waals surface area (Å²) in [4.78, 5) is 15.7. The summed E-state index contributed by atoms with van der Waals surface area (Å²) in [7, 11) is 0. The summed E-state index contributed by atoms with van der Waals surface area (Å²) in [5, 5.41) is 2.94. The fraction of sp³-hybridized carbons (Fsp3) is 0.682. The van der Waals surface area contributed by atoms with Gasteiger partial charge in [-0.1, -0.05) is 32.4 Å². The average Bonchev–Trinajstić information content (AvgIpc) is 3.13. The van der Waals surface area contributed by atoms with Crippen LogP contribution in [0.2, 0.25) is 0 Å². The Balaban J connectivity index is 1.66. The van der Waals surface area contributed by atoms with E-state index < -0.39 is 17.2 Å². The summed E-state index contributed by atoms with van der Waals surface area (Å²) in [6.07, 6.45) is 2.09. The average molecular weight is 396 g/mol. The molecule has 2 fully saturated rings. The zero-order valence-corrected chi connectivity index (χ0v) is 16.8. The summed E-state index contributed by atoms with van der Waals surface area (Å²) >= 11 is 0. The van der Waals surface area contributed by atoms with Gasteiger partial charge in [0.1, 0.15) is 0 Å². The van der Waals surface area contributed by atoms with E-state index >= 15 is 0 Å². The molecule has 1 aromatic carbocycles. The van der Waals surface area contributed by atoms with Crippen LogP contribution < -0.4 is 5.32 Å². The van der Waals surface area contributed by atoms with Gasteiger partial charge in [-0.25, -0.2) is 0 Å². The lowest BCUT2D eigenvalue weighted by Crippen LogP contribution is -2.45. The third-order valence-corrected chi connectivity index (χ3v) is 6.70. The van der Waals surface area contributed by atoms with Crippen LogP contribution in [0.25, 0.3) is 0 Å². The van der Waals surface area contributed by atoms with Gasteiger partial charge in [0.25, 0.3) is 0 Å². The predicted octanol–water partition coefficient (Wildman–Crippen LogP) is 5.00. The molecule has 0 radical (unpaired) electrons. The predicted molar refractivity (Wildman–Crippen MR) is 104 cm³/mol. The lowest BCUT2D eigenvalue weighted by atomic mass is 9.74. The quantitative estimate of drug-likeness (QED) is 0.759. The lowest BCUT2D eigenvalue weighted by Gasteiger charge is -2.36. The second kappa shape index (κ2) is 8.44. The molecule has 1 heterocycles. The number of carbonyl (C=O) groups excluding carboxylic acids is 1. The monoisotopic (exact) mass is 396 g/mol. The van der Waals surface area contributed by atoms with Crippen molar-refractivity contribution in [1.29, 1.82) is 0 Å². The van der Waals surface area contributed by atoms with Crippen LogP contribution in [0.4, 0.5) is 13.2 Å². The molecule has 1 N–H and O–H groups in total. The van der Waals surface area contributed by atoms with E-state index in [0.29, 0.717) is 11.6 Å². The Bertz CT molecular complexity index is 683. The van der Waals surface area contributed by atoms with Crippen LogP contribution in [0.5, 0.6) is 0 Å². The van der Waals surface area contributed by atoms with Crippen molar-refractivity contribution in [3.63, 3.8) is 0 Å². The van der Waals surface area contributed by atoms with Crippen LogP contribution in [0.15, 0.2) is 24.3 Å². The van der Waals surface area contributed by atoms with Crippen LogP contribution in [-0.4, -0.2) is 29.9 Å². The van der Waals surface area contributed by atoms with E-state index in [1.165, 1.54) is 25.3 Å². The maximum absolute atomic E-state index is 13.1. The number of piperidine rings is 1. The summed E-state index contributed by atoms with van der Waals surface area (Å²) in [6, 6.07) is 5.64. The first-order valence-electron chi connectivity index (χ1n) is 10.4. The topological polar surface area (TPSA) is 32.3 Å². The van der Waals surface area contributed by atoms with Gasteiger partial charge >= 0.3 is 6.18 Å². The Morgan fingerprint density at radius 2 is 1.96 bits per heavy atom. The van der Waals surface area contributed by atoms with Gasteiger partial charge in [-0.2, -0.15) is 13.2 Å². The van der Waals surface area contributed by atoms with Crippen molar-refractivity contribution in [1.82, 2.24) is 10.2 Å². The maximum atomic E-state index is 13.1. The molecule has 1 saturated heterocycles. The molecule has 1 aliphatic carbocycles. The molecule has 156 valence electrons. The third kappa shape index (κ3) is 4.53. The molecule has 2 aliphatic rings. The zero-order valence-electron chi connectivity index (χ0n) is 16.8. The highest BCUT2D eigenvalue weighted by molar-refractivity contribution is 5.83. The number of hydrogen-bond donors (Lipinski definition) is 1. The number of benzene rings is 1. The van der Waals surface area contributed by atoms with E-state index in [-0.39, 0.29) is 18.4 Å². The molecular weight excluding hydrogens is 365 g/mol. The maximum Gasteiger partial charge on any atom is 0.416 e. The molecule has 2 atom stereocenters. The molecule has 28 heavy (non-hydrogen) atoms. The van der Waals surface area contributed by atoms with Gasteiger partial charge in [-0.15, -0.1) is 0 Å². The Morgan fingerprint density at radius 3 is 2.61 bits per heavy atom. The number of halogens is 3. The first-order valence-corrected chi connectivity index (χ1v) is 10.4. The van der Waals surface area contributed by atoms with Crippen LogP contribution in [0.1, 0.15) is 63.5 Å². The molecule has 0 bridgehead atoms. The second-order valence-electron chi connectivity index (χ2n) is 8.68. The number of likely N-dealkylation sites (tertiary alicyclic amines) is 1. The largest absolute Gasteiger partial charge is 0.416 e. The molecule has 0 aromatic heterocycles. The standard InChI is InChI=1S/C22H31F3N2O/c1-16(2)21(10-9-19(14-21)27-11-4-3-5-12-27)20(28)26-15-17-7-6-8-18(13-17)22(23,24)25/h6-8,13,16,19H,3-5,9-12,14-15H2,1-2H3,(H,26,28). The van der Waals surface area contributed by atoms with Crippen LogP contribution >= 0.6 is 0 Å². The fourth-order valence-corrected chi connectivity index (χ4v) is 4.85. The van der Waals surface area contributed by atoms with Crippen LogP contribution in [-0.2, 0) is 17.5 Å². The molecule has 1 aliphatic heterocycles. The van der Waals surface area contributed by atoms with Gasteiger partial charge < -0.3 is 10.2 Å². The Kier molecular flexibility index (Phi) is 6.37. The van der Waals surface area contributed by atoms with Crippen molar-refractivity contribution < 1.29 is 18.0 Å². The summed E-state index contributed by atoms with van der Waals surface area (Å²) in [5.41, 5.74) is -0.625. The second-order valence-corrected chi connectivity index (χ2v) is 8.68. The first kappa shape index (κ1) is 21.2. The van der Waals surface area contributed by atoms with Gasteiger partial charge in [0.05, 0.1) is 11.0 Å². The zero-order chi connectivity index (χ0) is 20.4. The number of nitrogens with zero attached hydrogens (tertiary/aromatic N) is 1. The van der Waals surface area contributed by atoms with E-state index in [0.717, 1.165) is 44.5 Å². The molecule has 6 heteroatoms. The minimum atomic E-state index is -4.37. The Morgan fingerprint density at radius 1 is 1.25 bits per heavy atom. The number of alkyl halides is 3. The SMILES string of the molecule is CC(C)C1(C(=O)NCc2cccc(C(F)(F)F)c2)CCC(N2CCCCC2)C1. The normalized spacial score (nSPS) is 26.6. The molecule has 0 spiro atoms. The van der Waals surface area contributed by atoms with E-state index in [1.807, 2.05) is 0 Å². The van der Waals surface area contributed by atoms with Crippen molar-refractivity contribution in [2.75, 3.05) is 13.1 Å². The number of carbonyl (C=O) groups is 1. The van der Waals surface area contributed by atoms with Crippen LogP contribution in [0.3, 0.4) is 0 Å². The Hall–Kier alpha value is -1.56. The van der Waals surface area contributed by atoms with Gasteiger partial charge in [0.2, 0.25) is 5.91 Å². The highest BCUT2D eigenvalue weighted by Gasteiger charge is 2.48. The van der Waals surface area contributed by atoms with Gasteiger partial charge in [0.15, 0.2) is 0 Å². The number of rotatable bonds is 5. The number of hydrogen-bond acceptors (Lipinski definition) is 2. The highest BCUT2D eigenvalue weighted by Crippen LogP contribution is 2.46. The number of amides is 1. The molecule has 1 amide bonds. The van der Waals surface area contributed by atoms with E-state index in [9.17, 15) is 18.0 Å². The van der Waals surface area contributed by atoms with Gasteiger partial charge in [0, 0.05) is 12.6 Å². The van der Waals surface area contributed by atoms with Crippen molar-refractivity contribution >= 4 is 5.91 Å². The van der Waals surface area contributed by atoms with Crippen molar-refractivity contribution in [3.05, 3.63) is 35.4 Å². The summed E-state index contributed by atoms with van der Waals surface area (Å²) < 4.78 is 38.7. The first-order chi connectivity index (χ1) is 13.2. The minimum Gasteiger partial charge on any atom is -0.352 e. The molecule has 3 rings (SSSR count). The van der Waals surface area contributed by atoms with E-state index in [1.54, 1.807) is 6.07 Å².